The summed E-state index contributed by atoms with van der Waals surface area (Å²) in [6, 6.07) is 8.51. The predicted octanol–water partition coefficient (Wildman–Crippen LogP) is 3.09. The smallest absolute Gasteiger partial charge is 0.240 e. The lowest BCUT2D eigenvalue weighted by molar-refractivity contribution is 0.584. The molecule has 0 saturated carbocycles. The van der Waals surface area contributed by atoms with E-state index in [9.17, 15) is 17.2 Å². The SMILES string of the molecule is CNS(=O)(=O)c1ccc(NCc2c(F)cccc2N2CCCC2)c(F)c1. The second-order valence-corrected chi connectivity index (χ2v) is 8.02. The molecule has 1 heterocycles. The third kappa shape index (κ3) is 3.81. The van der Waals surface area contributed by atoms with Crippen molar-refractivity contribution >= 4 is 21.4 Å². The molecule has 2 aromatic carbocycles. The van der Waals surface area contributed by atoms with Gasteiger partial charge in [0.05, 0.1) is 10.6 Å². The molecule has 0 radical (unpaired) electrons. The van der Waals surface area contributed by atoms with E-state index in [-0.39, 0.29) is 22.9 Å². The Kier molecular flexibility index (Phi) is 5.43. The molecule has 0 aliphatic carbocycles. The Morgan fingerprint density at radius 3 is 2.46 bits per heavy atom. The van der Waals surface area contributed by atoms with Crippen molar-refractivity contribution in [1.29, 1.82) is 0 Å². The quantitative estimate of drug-likeness (QED) is 0.807. The molecule has 0 aromatic heterocycles. The minimum absolute atomic E-state index is 0.105. The van der Waals surface area contributed by atoms with Gasteiger partial charge >= 0.3 is 0 Å². The first-order valence-electron chi connectivity index (χ1n) is 8.41. The van der Waals surface area contributed by atoms with E-state index in [4.69, 9.17) is 0 Å². The van der Waals surface area contributed by atoms with Crippen LogP contribution >= 0.6 is 0 Å². The first kappa shape index (κ1) is 18.6. The number of hydrogen-bond acceptors (Lipinski definition) is 4. The van der Waals surface area contributed by atoms with Crippen LogP contribution in [0.1, 0.15) is 18.4 Å². The summed E-state index contributed by atoms with van der Waals surface area (Å²) in [4.78, 5) is 1.96. The first-order chi connectivity index (χ1) is 12.4. The lowest BCUT2D eigenvalue weighted by atomic mass is 10.1. The Bertz CT molecular complexity index is 897. The Balaban J connectivity index is 1.82. The molecule has 0 amide bonds. The minimum Gasteiger partial charge on any atom is -0.378 e. The standard InChI is InChI=1S/C18H21F2N3O2S/c1-21-26(24,25)13-7-8-17(16(20)11-13)22-12-14-15(19)5-4-6-18(14)23-9-2-3-10-23/h4-8,11,21-22H,2-3,9-10,12H2,1H3. The van der Waals surface area contributed by atoms with E-state index in [1.165, 1.54) is 25.2 Å². The van der Waals surface area contributed by atoms with Gasteiger partial charge in [0.2, 0.25) is 10.0 Å². The molecule has 2 aromatic rings. The molecule has 5 nitrogen and oxygen atoms in total. The number of benzene rings is 2. The van der Waals surface area contributed by atoms with Crippen molar-refractivity contribution in [3.8, 4) is 0 Å². The molecule has 0 bridgehead atoms. The Morgan fingerprint density at radius 1 is 1.08 bits per heavy atom. The van der Waals surface area contributed by atoms with Gasteiger partial charge in [-0.1, -0.05) is 6.07 Å². The van der Waals surface area contributed by atoms with Crippen molar-refractivity contribution in [2.45, 2.75) is 24.3 Å². The maximum Gasteiger partial charge on any atom is 0.240 e. The maximum atomic E-state index is 14.3. The molecule has 0 unspecified atom stereocenters. The number of rotatable bonds is 6. The first-order valence-corrected chi connectivity index (χ1v) is 9.90. The van der Waals surface area contributed by atoms with Gasteiger partial charge in [0.15, 0.2) is 0 Å². The molecular formula is C18H21F2N3O2S. The van der Waals surface area contributed by atoms with Gasteiger partial charge in [-0.25, -0.2) is 21.9 Å². The number of halogens is 2. The summed E-state index contributed by atoms with van der Waals surface area (Å²) in [5.41, 5.74) is 1.40. The van der Waals surface area contributed by atoms with Gasteiger partial charge in [0.25, 0.3) is 0 Å². The molecule has 26 heavy (non-hydrogen) atoms. The van der Waals surface area contributed by atoms with Crippen LogP contribution in [0.3, 0.4) is 0 Å². The van der Waals surface area contributed by atoms with E-state index in [0.29, 0.717) is 5.56 Å². The molecule has 3 rings (SSSR count). The van der Waals surface area contributed by atoms with Crippen molar-refractivity contribution < 1.29 is 17.2 Å². The molecule has 140 valence electrons. The molecule has 0 atom stereocenters. The highest BCUT2D eigenvalue weighted by molar-refractivity contribution is 7.89. The van der Waals surface area contributed by atoms with Crippen LogP contribution < -0.4 is 14.9 Å². The molecule has 2 N–H and O–H groups in total. The summed E-state index contributed by atoms with van der Waals surface area (Å²) in [5, 5.41) is 2.87. The van der Waals surface area contributed by atoms with Crippen molar-refractivity contribution in [3.63, 3.8) is 0 Å². The minimum atomic E-state index is -3.71. The van der Waals surface area contributed by atoms with E-state index >= 15 is 0 Å². The molecule has 1 saturated heterocycles. The maximum absolute atomic E-state index is 14.3. The van der Waals surface area contributed by atoms with E-state index < -0.39 is 15.8 Å². The fraction of sp³-hybridized carbons (Fsp3) is 0.333. The molecule has 1 aliphatic rings. The normalized spacial score (nSPS) is 14.7. The molecule has 0 spiro atoms. The topological polar surface area (TPSA) is 61.4 Å². The molecule has 8 heteroatoms. The predicted molar refractivity (Wildman–Crippen MR) is 97.8 cm³/mol. The highest BCUT2D eigenvalue weighted by atomic mass is 32.2. The number of anilines is 2. The molecule has 1 fully saturated rings. The average Bonchev–Trinajstić information content (AvgIpc) is 3.15. The second-order valence-electron chi connectivity index (χ2n) is 6.13. The van der Waals surface area contributed by atoms with E-state index in [1.807, 2.05) is 6.07 Å². The summed E-state index contributed by atoms with van der Waals surface area (Å²) < 4.78 is 54.2. The van der Waals surface area contributed by atoms with Crippen LogP contribution in [0.15, 0.2) is 41.3 Å². The zero-order valence-electron chi connectivity index (χ0n) is 14.4. The van der Waals surface area contributed by atoms with Crippen molar-refractivity contribution in [2.75, 3.05) is 30.4 Å². The largest absolute Gasteiger partial charge is 0.378 e. The van der Waals surface area contributed by atoms with Crippen LogP contribution in [0.25, 0.3) is 0 Å². The zero-order chi connectivity index (χ0) is 18.7. The van der Waals surface area contributed by atoms with Crippen LogP contribution in [0.2, 0.25) is 0 Å². The van der Waals surface area contributed by atoms with E-state index in [2.05, 4.69) is 14.9 Å². The van der Waals surface area contributed by atoms with Crippen LogP contribution in [-0.4, -0.2) is 28.6 Å². The van der Waals surface area contributed by atoms with Crippen LogP contribution in [0.5, 0.6) is 0 Å². The fourth-order valence-corrected chi connectivity index (χ4v) is 3.83. The highest BCUT2D eigenvalue weighted by Crippen LogP contribution is 2.28. The van der Waals surface area contributed by atoms with Crippen molar-refractivity contribution in [1.82, 2.24) is 4.72 Å². The summed E-state index contributed by atoms with van der Waals surface area (Å²) in [6.07, 6.45) is 2.14. The van der Waals surface area contributed by atoms with Crippen molar-refractivity contribution in [2.24, 2.45) is 0 Å². The highest BCUT2D eigenvalue weighted by Gasteiger charge is 2.19. The van der Waals surface area contributed by atoms with E-state index in [1.54, 1.807) is 6.07 Å². The monoisotopic (exact) mass is 381 g/mol. The molecule has 1 aliphatic heterocycles. The number of nitrogens with zero attached hydrogens (tertiary/aromatic N) is 1. The van der Waals surface area contributed by atoms with Gasteiger partial charge in [-0.2, -0.15) is 0 Å². The van der Waals surface area contributed by atoms with Crippen LogP contribution in [-0.2, 0) is 16.6 Å². The zero-order valence-corrected chi connectivity index (χ0v) is 15.2. The summed E-state index contributed by atoms with van der Waals surface area (Å²) in [7, 11) is -2.45. The number of sulfonamides is 1. The van der Waals surface area contributed by atoms with Gasteiger partial charge in [0.1, 0.15) is 11.6 Å². The van der Waals surface area contributed by atoms with E-state index in [0.717, 1.165) is 37.7 Å². The number of nitrogens with one attached hydrogen (secondary N) is 2. The van der Waals surface area contributed by atoms with Gasteiger partial charge in [-0.3, -0.25) is 0 Å². The van der Waals surface area contributed by atoms with Gasteiger partial charge < -0.3 is 10.2 Å². The summed E-state index contributed by atoms with van der Waals surface area (Å²) in [6.45, 7) is 1.86. The Hall–Kier alpha value is -2.19. The molecular weight excluding hydrogens is 360 g/mol. The third-order valence-corrected chi connectivity index (χ3v) is 5.93. The van der Waals surface area contributed by atoms with Gasteiger partial charge in [-0.15, -0.1) is 0 Å². The van der Waals surface area contributed by atoms with Crippen molar-refractivity contribution in [3.05, 3.63) is 53.6 Å². The van der Waals surface area contributed by atoms with Crippen LogP contribution in [0.4, 0.5) is 20.2 Å². The third-order valence-electron chi connectivity index (χ3n) is 4.52. The summed E-state index contributed by atoms with van der Waals surface area (Å²) in [5.74, 6) is -1.06. The average molecular weight is 381 g/mol. The lowest BCUT2D eigenvalue weighted by Gasteiger charge is -2.22. The fourth-order valence-electron chi connectivity index (χ4n) is 3.08. The second kappa shape index (κ2) is 7.59. The Morgan fingerprint density at radius 2 is 1.81 bits per heavy atom. The lowest BCUT2D eigenvalue weighted by Crippen LogP contribution is -2.21. The Labute approximate surface area is 152 Å². The van der Waals surface area contributed by atoms with Crippen LogP contribution in [0, 0.1) is 11.6 Å². The number of hydrogen-bond donors (Lipinski definition) is 2. The summed E-state index contributed by atoms with van der Waals surface area (Å²) >= 11 is 0. The van der Waals surface area contributed by atoms with Gasteiger partial charge in [-0.05, 0) is 50.2 Å². The van der Waals surface area contributed by atoms with Gasteiger partial charge in [0, 0.05) is 30.9 Å².